The monoisotopic (exact) mass is 582 g/mol. The molecule has 11 nitrogen and oxygen atoms in total. The van der Waals surface area contributed by atoms with Crippen molar-refractivity contribution >= 4 is 29.4 Å². The molecule has 0 aromatic heterocycles. The molecule has 1 aliphatic rings. The van der Waals surface area contributed by atoms with E-state index < -0.39 is 60.2 Å². The van der Waals surface area contributed by atoms with Crippen LogP contribution < -0.4 is 24.8 Å². The van der Waals surface area contributed by atoms with Crippen LogP contribution in [0.25, 0.3) is 0 Å². The van der Waals surface area contributed by atoms with Crippen LogP contribution in [0.4, 0.5) is 0 Å². The van der Waals surface area contributed by atoms with Crippen LogP contribution in [0.15, 0.2) is 36.4 Å². The zero-order valence-corrected chi connectivity index (χ0v) is 24.7. The van der Waals surface area contributed by atoms with Gasteiger partial charge >= 0.3 is 5.97 Å². The molecule has 2 aromatic rings. The lowest BCUT2D eigenvalue weighted by Crippen LogP contribution is -2.54. The first-order valence-electron chi connectivity index (χ1n) is 13.7. The lowest BCUT2D eigenvalue weighted by atomic mass is 10.0. The molecule has 2 atom stereocenters. The fourth-order valence-corrected chi connectivity index (χ4v) is 4.70. The Kier molecular flexibility index (Phi) is 10.3. The molecule has 11 heteroatoms. The molecule has 2 aromatic carbocycles. The third-order valence-electron chi connectivity index (χ3n) is 6.81. The van der Waals surface area contributed by atoms with Gasteiger partial charge < -0.3 is 30.0 Å². The number of carboxylic acids is 1. The third-order valence-corrected chi connectivity index (χ3v) is 6.81. The molecule has 0 bridgehead atoms. The average Bonchev–Trinajstić information content (AvgIpc) is 3.23. The molecule has 3 N–H and O–H groups in total. The Labute approximate surface area is 244 Å². The number of rotatable bonds is 14. The van der Waals surface area contributed by atoms with Gasteiger partial charge in [0.15, 0.2) is 23.1 Å². The van der Waals surface area contributed by atoms with E-state index in [0.29, 0.717) is 34.8 Å². The smallest absolute Gasteiger partial charge is 0.305 e. The van der Waals surface area contributed by atoms with Crippen LogP contribution in [0.3, 0.4) is 0 Å². The summed E-state index contributed by atoms with van der Waals surface area (Å²) in [6.45, 7) is 8.19. The van der Waals surface area contributed by atoms with Crippen molar-refractivity contribution in [2.45, 2.75) is 71.6 Å². The van der Waals surface area contributed by atoms with Gasteiger partial charge in [-0.25, -0.2) is 0 Å². The summed E-state index contributed by atoms with van der Waals surface area (Å²) in [4.78, 5) is 62.6. The normalized spacial score (nSPS) is 14.6. The average molecular weight is 583 g/mol. The first-order chi connectivity index (χ1) is 19.7. The maximum Gasteiger partial charge on any atom is 0.305 e. The van der Waals surface area contributed by atoms with Crippen molar-refractivity contribution in [2.75, 3.05) is 13.7 Å². The molecule has 3 rings (SSSR count). The number of para-hydroxylation sites is 1. The minimum atomic E-state index is -1.39. The summed E-state index contributed by atoms with van der Waals surface area (Å²) < 4.78 is 17.0. The minimum Gasteiger partial charge on any atom is -0.496 e. The van der Waals surface area contributed by atoms with Gasteiger partial charge in [-0.15, -0.1) is 0 Å². The zero-order valence-electron chi connectivity index (χ0n) is 24.7. The van der Waals surface area contributed by atoms with Crippen molar-refractivity contribution in [1.29, 1.82) is 0 Å². The summed E-state index contributed by atoms with van der Waals surface area (Å²) in [6.07, 6.45) is -0.174. The fraction of sp³-hybridized carbons (Fsp3) is 0.452. The molecule has 1 unspecified atom stereocenters. The molecule has 0 fully saturated rings. The van der Waals surface area contributed by atoms with Crippen LogP contribution in [-0.4, -0.2) is 65.9 Å². The van der Waals surface area contributed by atoms with Crippen LogP contribution in [0.5, 0.6) is 17.2 Å². The molecule has 226 valence electrons. The number of nitrogens with one attached hydrogen (secondary N) is 2. The molecule has 0 aliphatic carbocycles. The topological polar surface area (TPSA) is 157 Å². The molecule has 0 spiro atoms. The van der Waals surface area contributed by atoms with Crippen LogP contribution >= 0.6 is 0 Å². The fourth-order valence-electron chi connectivity index (χ4n) is 4.70. The van der Waals surface area contributed by atoms with E-state index in [1.165, 1.54) is 14.0 Å². The van der Waals surface area contributed by atoms with Gasteiger partial charge in [0.25, 0.3) is 0 Å². The summed E-state index contributed by atoms with van der Waals surface area (Å²) in [5.41, 5.74) is 1.37. The van der Waals surface area contributed by atoms with Gasteiger partial charge in [0, 0.05) is 23.1 Å². The van der Waals surface area contributed by atoms with E-state index in [-0.39, 0.29) is 12.2 Å². The summed E-state index contributed by atoms with van der Waals surface area (Å²) in [5, 5.41) is 14.6. The highest BCUT2D eigenvalue weighted by Crippen LogP contribution is 2.41. The number of ether oxygens (including phenoxy) is 3. The van der Waals surface area contributed by atoms with E-state index in [0.717, 1.165) is 5.56 Å². The number of carbonyl (C=O) groups is 5. The van der Waals surface area contributed by atoms with Crippen molar-refractivity contribution in [2.24, 2.45) is 5.92 Å². The van der Waals surface area contributed by atoms with Crippen molar-refractivity contribution in [3.8, 4) is 17.2 Å². The number of carbonyl (C=O) groups excluding carboxylic acids is 4. The van der Waals surface area contributed by atoms with Crippen LogP contribution in [0, 0.1) is 5.92 Å². The number of carboxylic acid groups (broad SMARTS) is 1. The van der Waals surface area contributed by atoms with Gasteiger partial charge in [-0.1, -0.05) is 26.0 Å². The minimum absolute atomic E-state index is 0.174. The number of ketones is 2. The summed E-state index contributed by atoms with van der Waals surface area (Å²) >= 11 is 0. The molecule has 0 saturated heterocycles. The highest BCUT2D eigenvalue weighted by atomic mass is 16.5. The second-order valence-corrected chi connectivity index (χ2v) is 11.2. The Hall–Kier alpha value is -4.41. The van der Waals surface area contributed by atoms with E-state index >= 15 is 0 Å². The first kappa shape index (κ1) is 32.1. The second kappa shape index (κ2) is 13.5. The standard InChI is InChI=1S/C31H38N2O9/c1-17(2)28(33-26(36)13-21-12-19(18(3)34)10-11-24(21)40-6)30(39)32-22(14-27(37)38)23(35)16-41-25-9-7-8-20-15-31(4,5)42-29(20)25/h7-12,17,22,28H,13-16H2,1-6H3,(H,32,39)(H,33,36)(H,37,38)/t22?,28-/m0/s1. The predicted molar refractivity (Wildman–Crippen MR) is 153 cm³/mol. The molecular weight excluding hydrogens is 544 g/mol. The van der Waals surface area contributed by atoms with Gasteiger partial charge in [-0.2, -0.15) is 0 Å². The molecule has 42 heavy (non-hydrogen) atoms. The second-order valence-electron chi connectivity index (χ2n) is 11.2. The number of amides is 2. The highest BCUT2D eigenvalue weighted by molar-refractivity contribution is 5.96. The lowest BCUT2D eigenvalue weighted by Gasteiger charge is -2.25. The molecular formula is C31H38N2O9. The van der Waals surface area contributed by atoms with Crippen LogP contribution in [0.1, 0.15) is 62.5 Å². The zero-order chi connectivity index (χ0) is 31.2. The highest BCUT2D eigenvalue weighted by Gasteiger charge is 2.34. The van der Waals surface area contributed by atoms with Gasteiger partial charge in [-0.05, 0) is 51.0 Å². The number of Topliss-reactive ketones (excluding diaryl/α,β-unsaturated/α-hetero) is 2. The number of aliphatic carboxylic acids is 1. The van der Waals surface area contributed by atoms with Crippen molar-refractivity contribution in [3.63, 3.8) is 0 Å². The SMILES string of the molecule is COc1ccc(C(C)=O)cc1CC(=O)N[C@H](C(=O)NC(CC(=O)O)C(=O)COc1cccc2c1OC(C)(C)C2)C(C)C. The Morgan fingerprint density at radius 2 is 1.76 bits per heavy atom. The quantitative estimate of drug-likeness (QED) is 0.285. The molecule has 0 radical (unpaired) electrons. The van der Waals surface area contributed by atoms with E-state index in [4.69, 9.17) is 14.2 Å². The Morgan fingerprint density at radius 1 is 1.05 bits per heavy atom. The molecule has 1 heterocycles. The Balaban J connectivity index is 1.69. The van der Waals surface area contributed by atoms with E-state index in [1.807, 2.05) is 19.9 Å². The molecule has 2 amide bonds. The van der Waals surface area contributed by atoms with Gasteiger partial charge in [0.2, 0.25) is 11.8 Å². The predicted octanol–water partition coefficient (Wildman–Crippen LogP) is 2.90. The van der Waals surface area contributed by atoms with Crippen molar-refractivity contribution in [1.82, 2.24) is 10.6 Å². The maximum absolute atomic E-state index is 13.2. The van der Waals surface area contributed by atoms with E-state index in [1.54, 1.807) is 44.2 Å². The summed E-state index contributed by atoms with van der Waals surface area (Å²) in [6, 6.07) is 7.61. The summed E-state index contributed by atoms with van der Waals surface area (Å²) in [5.74, 6) is -2.46. The molecule has 1 aliphatic heterocycles. The number of methoxy groups -OCH3 is 1. The van der Waals surface area contributed by atoms with Gasteiger partial charge in [-0.3, -0.25) is 24.0 Å². The van der Waals surface area contributed by atoms with E-state index in [2.05, 4.69) is 10.6 Å². The number of fused-ring (bicyclic) bond motifs is 1. The van der Waals surface area contributed by atoms with Gasteiger partial charge in [0.05, 0.1) is 20.0 Å². The lowest BCUT2D eigenvalue weighted by molar-refractivity contribution is -0.141. The van der Waals surface area contributed by atoms with Crippen LogP contribution in [0.2, 0.25) is 0 Å². The molecule has 0 saturated carbocycles. The van der Waals surface area contributed by atoms with Crippen molar-refractivity contribution < 1.29 is 43.3 Å². The van der Waals surface area contributed by atoms with Crippen LogP contribution in [-0.2, 0) is 32.0 Å². The summed E-state index contributed by atoms with van der Waals surface area (Å²) in [7, 11) is 1.44. The Morgan fingerprint density at radius 3 is 2.38 bits per heavy atom. The maximum atomic E-state index is 13.2. The first-order valence-corrected chi connectivity index (χ1v) is 13.7. The number of benzene rings is 2. The Bertz CT molecular complexity index is 1370. The largest absolute Gasteiger partial charge is 0.496 e. The van der Waals surface area contributed by atoms with E-state index in [9.17, 15) is 29.1 Å². The van der Waals surface area contributed by atoms with Gasteiger partial charge in [0.1, 0.15) is 30.0 Å². The number of hydrogen-bond donors (Lipinski definition) is 3. The van der Waals surface area contributed by atoms with Crippen molar-refractivity contribution in [3.05, 3.63) is 53.1 Å². The third kappa shape index (κ3) is 8.31. The number of hydrogen-bond acceptors (Lipinski definition) is 8.